The Balaban J connectivity index is 2.40. The summed E-state index contributed by atoms with van der Waals surface area (Å²) in [4.78, 5) is 0.0650. The number of nitrogens with one attached hydrogen (secondary N) is 1. The fourth-order valence-corrected chi connectivity index (χ4v) is 3.25. The summed E-state index contributed by atoms with van der Waals surface area (Å²) in [5.74, 6) is -0.521. The molecule has 0 bridgehead atoms. The normalized spacial score (nSPS) is 12.4. The Hall–Kier alpha value is -2.49. The molecule has 0 heterocycles. The van der Waals surface area contributed by atoms with Crippen LogP contribution in [0.1, 0.15) is 17.2 Å². The van der Waals surface area contributed by atoms with Gasteiger partial charge in [-0.25, -0.2) is 12.8 Å². The van der Waals surface area contributed by atoms with Crippen molar-refractivity contribution in [1.82, 2.24) is 4.72 Å². The standard InChI is InChI=1S/C17H15FN2O2S/c1-12-6-8-16(9-7-12)23(21,22)20-17(13(2)11-19)14-4-3-5-15(18)10-14/h3-10,17,20H,2H2,1H3/t17-/m1/s1. The molecule has 0 fully saturated rings. The summed E-state index contributed by atoms with van der Waals surface area (Å²) in [6, 6.07) is 12.5. The van der Waals surface area contributed by atoms with Crippen molar-refractivity contribution in [2.24, 2.45) is 0 Å². The molecule has 2 aromatic rings. The van der Waals surface area contributed by atoms with E-state index < -0.39 is 21.9 Å². The van der Waals surface area contributed by atoms with Gasteiger partial charge in [0.2, 0.25) is 10.0 Å². The number of nitrogens with zero attached hydrogens (tertiary/aromatic N) is 1. The van der Waals surface area contributed by atoms with Crippen LogP contribution < -0.4 is 4.72 Å². The molecule has 118 valence electrons. The molecular formula is C17H15FN2O2S. The molecule has 2 aromatic carbocycles. The maximum absolute atomic E-state index is 13.4. The number of sulfonamides is 1. The van der Waals surface area contributed by atoms with Crippen LogP contribution in [-0.2, 0) is 10.0 Å². The lowest BCUT2D eigenvalue weighted by atomic mass is 10.0. The van der Waals surface area contributed by atoms with Crippen LogP contribution in [0.5, 0.6) is 0 Å². The average Bonchev–Trinajstić information content (AvgIpc) is 2.52. The molecule has 0 aromatic heterocycles. The highest BCUT2D eigenvalue weighted by Crippen LogP contribution is 2.24. The monoisotopic (exact) mass is 330 g/mol. The van der Waals surface area contributed by atoms with Crippen molar-refractivity contribution >= 4 is 10.0 Å². The summed E-state index contributed by atoms with van der Waals surface area (Å²) in [5.41, 5.74) is 1.21. The summed E-state index contributed by atoms with van der Waals surface area (Å²) < 4.78 is 40.8. The van der Waals surface area contributed by atoms with Crippen LogP contribution in [0.3, 0.4) is 0 Å². The van der Waals surface area contributed by atoms with E-state index in [1.54, 1.807) is 12.1 Å². The lowest BCUT2D eigenvalue weighted by Gasteiger charge is -2.18. The number of hydrogen-bond donors (Lipinski definition) is 1. The highest BCUT2D eigenvalue weighted by Gasteiger charge is 2.24. The molecule has 6 heteroatoms. The molecule has 4 nitrogen and oxygen atoms in total. The van der Waals surface area contributed by atoms with Gasteiger partial charge in [-0.2, -0.15) is 9.98 Å². The third kappa shape index (κ3) is 4.03. The van der Waals surface area contributed by atoms with E-state index in [1.165, 1.54) is 36.4 Å². The Morgan fingerprint density at radius 3 is 2.48 bits per heavy atom. The second kappa shape index (κ2) is 6.73. The maximum Gasteiger partial charge on any atom is 0.241 e. The van der Waals surface area contributed by atoms with Crippen LogP contribution in [0.25, 0.3) is 0 Å². The maximum atomic E-state index is 13.4. The Bertz CT molecular complexity index is 868. The van der Waals surface area contributed by atoms with Crippen LogP contribution in [0, 0.1) is 24.1 Å². The minimum absolute atomic E-state index is 0.0220. The third-order valence-electron chi connectivity index (χ3n) is 3.28. The first-order valence-corrected chi connectivity index (χ1v) is 8.25. The van der Waals surface area contributed by atoms with Crippen LogP contribution >= 0.6 is 0 Å². The molecule has 0 spiro atoms. The van der Waals surface area contributed by atoms with Crippen LogP contribution in [0.2, 0.25) is 0 Å². The number of nitriles is 1. The molecule has 0 saturated carbocycles. The van der Waals surface area contributed by atoms with Gasteiger partial charge in [0.25, 0.3) is 0 Å². The fraction of sp³-hybridized carbons (Fsp3) is 0.118. The van der Waals surface area contributed by atoms with E-state index in [9.17, 15) is 12.8 Å². The predicted molar refractivity (Wildman–Crippen MR) is 85.4 cm³/mol. The second-order valence-electron chi connectivity index (χ2n) is 5.06. The molecule has 2 rings (SSSR count). The summed E-state index contributed by atoms with van der Waals surface area (Å²) in [7, 11) is -3.88. The van der Waals surface area contributed by atoms with Gasteiger partial charge in [-0.3, -0.25) is 0 Å². The highest BCUT2D eigenvalue weighted by molar-refractivity contribution is 7.89. The van der Waals surface area contributed by atoms with Crippen molar-refractivity contribution in [2.45, 2.75) is 17.9 Å². The topological polar surface area (TPSA) is 70.0 Å². The largest absolute Gasteiger partial charge is 0.241 e. The second-order valence-corrected chi connectivity index (χ2v) is 6.77. The van der Waals surface area contributed by atoms with Crippen molar-refractivity contribution < 1.29 is 12.8 Å². The molecule has 1 atom stereocenters. The fourth-order valence-electron chi connectivity index (χ4n) is 2.03. The lowest BCUT2D eigenvalue weighted by molar-refractivity contribution is 0.570. The number of benzene rings is 2. The van der Waals surface area contributed by atoms with E-state index in [0.29, 0.717) is 5.56 Å². The minimum Gasteiger partial charge on any atom is -0.207 e. The Morgan fingerprint density at radius 2 is 1.91 bits per heavy atom. The zero-order valence-electron chi connectivity index (χ0n) is 12.5. The van der Waals surface area contributed by atoms with Crippen LogP contribution in [-0.4, -0.2) is 8.42 Å². The molecule has 0 saturated heterocycles. The van der Waals surface area contributed by atoms with Crippen molar-refractivity contribution in [3.63, 3.8) is 0 Å². The van der Waals surface area contributed by atoms with Crippen molar-refractivity contribution in [1.29, 1.82) is 5.26 Å². The first kappa shape index (κ1) is 16.9. The highest BCUT2D eigenvalue weighted by atomic mass is 32.2. The molecule has 0 radical (unpaired) electrons. The van der Waals surface area contributed by atoms with Crippen LogP contribution in [0.15, 0.2) is 65.6 Å². The van der Waals surface area contributed by atoms with E-state index in [0.717, 1.165) is 5.56 Å². The number of halogens is 1. The van der Waals surface area contributed by atoms with Crippen molar-refractivity contribution in [3.8, 4) is 6.07 Å². The minimum atomic E-state index is -3.88. The molecule has 0 amide bonds. The summed E-state index contributed by atoms with van der Waals surface area (Å²) in [6.45, 7) is 5.41. The molecule has 0 aliphatic carbocycles. The van der Waals surface area contributed by atoms with E-state index in [1.807, 2.05) is 13.0 Å². The van der Waals surface area contributed by atoms with Crippen molar-refractivity contribution in [2.75, 3.05) is 0 Å². The first-order valence-electron chi connectivity index (χ1n) is 6.77. The van der Waals surface area contributed by atoms with E-state index in [4.69, 9.17) is 5.26 Å². The first-order chi connectivity index (χ1) is 10.8. The Morgan fingerprint density at radius 1 is 1.26 bits per heavy atom. The summed E-state index contributed by atoms with van der Waals surface area (Å²) in [5, 5.41) is 9.06. The zero-order chi connectivity index (χ0) is 17.0. The molecular weight excluding hydrogens is 315 g/mol. The average molecular weight is 330 g/mol. The van der Waals surface area contributed by atoms with Gasteiger partial charge in [-0.05, 0) is 36.8 Å². The van der Waals surface area contributed by atoms with Gasteiger partial charge in [-0.1, -0.05) is 36.4 Å². The molecule has 0 aliphatic heterocycles. The van der Waals surface area contributed by atoms with Gasteiger partial charge in [0, 0.05) is 5.57 Å². The molecule has 23 heavy (non-hydrogen) atoms. The van der Waals surface area contributed by atoms with E-state index in [2.05, 4.69) is 11.3 Å². The number of aryl methyl sites for hydroxylation is 1. The lowest BCUT2D eigenvalue weighted by Crippen LogP contribution is -2.29. The van der Waals surface area contributed by atoms with Gasteiger partial charge in [0.15, 0.2) is 0 Å². The van der Waals surface area contributed by atoms with Gasteiger partial charge in [0.1, 0.15) is 5.82 Å². The smallest absolute Gasteiger partial charge is 0.207 e. The SMILES string of the molecule is C=C(C#N)[C@@H](NS(=O)(=O)c1ccc(C)cc1)c1cccc(F)c1. The third-order valence-corrected chi connectivity index (χ3v) is 4.72. The van der Waals surface area contributed by atoms with E-state index in [-0.39, 0.29) is 10.5 Å². The number of hydrogen-bond acceptors (Lipinski definition) is 3. The van der Waals surface area contributed by atoms with Gasteiger partial charge >= 0.3 is 0 Å². The molecule has 0 aliphatic rings. The quantitative estimate of drug-likeness (QED) is 0.856. The van der Waals surface area contributed by atoms with Gasteiger partial charge in [0.05, 0.1) is 17.0 Å². The van der Waals surface area contributed by atoms with Crippen molar-refractivity contribution in [3.05, 3.63) is 77.6 Å². The summed E-state index contributed by atoms with van der Waals surface area (Å²) in [6.07, 6.45) is 0. The number of rotatable bonds is 5. The summed E-state index contributed by atoms with van der Waals surface area (Å²) >= 11 is 0. The Kier molecular flexibility index (Phi) is 4.94. The molecule has 0 unspecified atom stereocenters. The zero-order valence-corrected chi connectivity index (χ0v) is 13.3. The predicted octanol–water partition coefficient (Wildman–Crippen LogP) is 3.23. The van der Waals surface area contributed by atoms with Gasteiger partial charge in [-0.15, -0.1) is 0 Å². The van der Waals surface area contributed by atoms with Gasteiger partial charge < -0.3 is 0 Å². The van der Waals surface area contributed by atoms with Crippen LogP contribution in [0.4, 0.5) is 4.39 Å². The Labute approximate surface area is 134 Å². The van der Waals surface area contributed by atoms with E-state index >= 15 is 0 Å². The molecule has 1 N–H and O–H groups in total.